The molecule has 0 aromatic heterocycles. The fourth-order valence-corrected chi connectivity index (χ4v) is 11.4. The maximum Gasteiger partial charge on any atom is 0.414 e. The van der Waals surface area contributed by atoms with Gasteiger partial charge in [-0.1, -0.05) is 109 Å². The molecular formula is C65H71F4N11O7. The molecular weight excluding hydrogens is 1120 g/mol. The Hall–Kier alpha value is -9.09. The minimum absolute atomic E-state index is 0.0000545. The summed E-state index contributed by atoms with van der Waals surface area (Å²) in [5.74, 6) is -2.37. The van der Waals surface area contributed by atoms with Gasteiger partial charge in [-0.05, 0) is 71.5 Å². The summed E-state index contributed by atoms with van der Waals surface area (Å²) in [5.41, 5.74) is 4.28. The van der Waals surface area contributed by atoms with Crippen molar-refractivity contribution in [1.82, 2.24) is 55.2 Å². The van der Waals surface area contributed by atoms with E-state index in [4.69, 9.17) is 4.74 Å². The molecule has 0 unspecified atom stereocenters. The first-order chi connectivity index (χ1) is 41.9. The Morgan fingerprint density at radius 1 is 0.575 bits per heavy atom. The minimum Gasteiger partial charge on any atom is -0.508 e. The number of benzene rings is 6. The van der Waals surface area contributed by atoms with Crippen LogP contribution in [0.5, 0.6) is 11.5 Å². The van der Waals surface area contributed by atoms with Gasteiger partial charge in [0.2, 0.25) is 11.8 Å². The van der Waals surface area contributed by atoms with E-state index in [9.17, 15) is 46.6 Å². The number of ether oxygens (including phenoxy) is 1. The fraction of sp³-hybridized carbons (Fsp3) is 0.308. The van der Waals surface area contributed by atoms with Crippen LogP contribution in [-0.4, -0.2) is 170 Å². The van der Waals surface area contributed by atoms with Crippen LogP contribution in [0.25, 0.3) is 0 Å². The lowest BCUT2D eigenvalue weighted by molar-refractivity contribution is -0.183. The lowest BCUT2D eigenvalue weighted by Gasteiger charge is -2.55. The van der Waals surface area contributed by atoms with Gasteiger partial charge in [0.25, 0.3) is 0 Å². The van der Waals surface area contributed by atoms with E-state index in [1.807, 2.05) is 82.6 Å². The molecule has 456 valence electrons. The molecule has 0 spiro atoms. The molecule has 4 heterocycles. The number of urea groups is 2. The number of carbonyl (C=O) groups excluding carboxylic acids is 5. The molecule has 6 aromatic rings. The van der Waals surface area contributed by atoms with Crippen molar-refractivity contribution in [2.45, 2.75) is 63.4 Å². The van der Waals surface area contributed by atoms with E-state index in [0.717, 1.165) is 34.4 Å². The first-order valence-electron chi connectivity index (χ1n) is 28.6. The van der Waals surface area contributed by atoms with Crippen molar-refractivity contribution in [3.05, 3.63) is 228 Å². The highest BCUT2D eigenvalue weighted by molar-refractivity contribution is 5.84. The Balaban J connectivity index is 0.000000209. The van der Waals surface area contributed by atoms with Crippen molar-refractivity contribution in [2.75, 3.05) is 66.5 Å². The molecule has 0 saturated carbocycles. The molecule has 4 atom stereocenters. The number of phenolic OH excluding ortho intramolecular Hbond substituents is 1. The summed E-state index contributed by atoms with van der Waals surface area (Å²) in [4.78, 5) is 75.7. The van der Waals surface area contributed by atoms with Crippen LogP contribution in [0.4, 0.5) is 31.9 Å². The highest BCUT2D eigenvalue weighted by atomic mass is 19.1. The van der Waals surface area contributed by atoms with Crippen LogP contribution in [0.1, 0.15) is 33.4 Å². The normalized spacial score (nSPS) is 19.1. The molecule has 22 heteroatoms. The minimum atomic E-state index is -0.709. The summed E-state index contributed by atoms with van der Waals surface area (Å²) in [6.45, 7) is 10.4. The van der Waals surface area contributed by atoms with E-state index in [-0.39, 0.29) is 101 Å². The number of piperazine rings is 2. The molecule has 0 radical (unpaired) electrons. The van der Waals surface area contributed by atoms with Crippen molar-refractivity contribution < 1.29 is 51.4 Å². The maximum atomic E-state index is 14.8. The Bertz CT molecular complexity index is 3390. The van der Waals surface area contributed by atoms with Crippen molar-refractivity contribution in [2.24, 2.45) is 0 Å². The lowest BCUT2D eigenvalue weighted by Crippen LogP contribution is -2.75. The predicted molar refractivity (Wildman–Crippen MR) is 318 cm³/mol. The van der Waals surface area contributed by atoms with E-state index in [2.05, 4.69) is 23.8 Å². The Labute approximate surface area is 503 Å². The Kier molecular flexibility index (Phi) is 20.7. The standard InChI is InChI=1S/C34H38F2N6O4.C31H33F2N5O3/c1-4-16-40-23-32(43)41-28(17-24-10-14-29(15-11-24)46-34(45)38(2)3)21-39(20-26-12-13-27(35)18-30(26)36)22-31(41)42(40)33(44)37-19-25-8-6-5-7-9-25;1-2-14-36-21-30(40)37-26(15-22-8-12-27(39)13-9-22)19-35(18-24-10-11-25(32)16-28(24)33)20-29(37)38(36)31(41)34-17-23-6-4-3-5-7-23/h4-15,18,28,31H,1,16-17,19-23H2,2-3H3,(H,37,44);2-13,16,26,29,39H,1,14-15,17-21H2,(H,34,41)/t28-,31-;26-,29-/m00/s1. The largest absolute Gasteiger partial charge is 0.508 e. The van der Waals surface area contributed by atoms with E-state index < -0.39 is 41.7 Å². The number of nitrogens with zero attached hydrogens (tertiary/aromatic N) is 9. The first-order valence-corrected chi connectivity index (χ1v) is 28.6. The highest BCUT2D eigenvalue weighted by Crippen LogP contribution is 2.32. The third-order valence-electron chi connectivity index (χ3n) is 15.5. The topological polar surface area (TPSA) is 168 Å². The molecule has 4 fully saturated rings. The van der Waals surface area contributed by atoms with E-state index in [1.165, 1.54) is 29.2 Å². The van der Waals surface area contributed by atoms with Gasteiger partial charge in [-0.3, -0.25) is 19.4 Å². The van der Waals surface area contributed by atoms with Crippen molar-refractivity contribution in [3.8, 4) is 11.5 Å². The van der Waals surface area contributed by atoms with Crippen LogP contribution in [0.2, 0.25) is 0 Å². The molecule has 0 aliphatic carbocycles. The number of hydrogen-bond acceptors (Lipinski definition) is 11. The second-order valence-electron chi connectivity index (χ2n) is 22.0. The van der Waals surface area contributed by atoms with Crippen LogP contribution >= 0.6 is 0 Å². The summed E-state index contributed by atoms with van der Waals surface area (Å²) in [6, 6.07) is 38.4. The first kappa shape index (κ1) is 62.4. The summed E-state index contributed by atoms with van der Waals surface area (Å²) in [7, 11) is 3.19. The van der Waals surface area contributed by atoms with Gasteiger partial charge in [-0.2, -0.15) is 0 Å². The number of amides is 7. The van der Waals surface area contributed by atoms with Gasteiger partial charge in [0.15, 0.2) is 0 Å². The number of hydrogen-bond donors (Lipinski definition) is 3. The van der Waals surface area contributed by atoms with Crippen LogP contribution in [0, 0.1) is 23.3 Å². The number of phenols is 1. The van der Waals surface area contributed by atoms with Crippen molar-refractivity contribution >= 4 is 30.0 Å². The molecule has 7 amide bonds. The van der Waals surface area contributed by atoms with Crippen LogP contribution in [0.15, 0.2) is 171 Å². The molecule has 4 saturated heterocycles. The number of hydrazine groups is 2. The molecule has 18 nitrogen and oxygen atoms in total. The molecule has 4 aliphatic heterocycles. The van der Waals surface area contributed by atoms with Gasteiger partial charge in [-0.25, -0.2) is 52.0 Å². The van der Waals surface area contributed by atoms with Gasteiger partial charge < -0.3 is 35.2 Å². The zero-order valence-electron chi connectivity index (χ0n) is 48.6. The molecule has 0 bridgehead atoms. The molecule has 6 aromatic carbocycles. The predicted octanol–water partition coefficient (Wildman–Crippen LogP) is 8.12. The monoisotopic (exact) mass is 1190 g/mol. The van der Waals surface area contributed by atoms with E-state index >= 15 is 0 Å². The second kappa shape index (κ2) is 28.9. The van der Waals surface area contributed by atoms with Crippen LogP contribution in [-0.2, 0) is 48.6 Å². The Morgan fingerprint density at radius 3 is 1.38 bits per heavy atom. The van der Waals surface area contributed by atoms with Crippen molar-refractivity contribution in [3.63, 3.8) is 0 Å². The Morgan fingerprint density at radius 2 is 0.989 bits per heavy atom. The third-order valence-corrected chi connectivity index (χ3v) is 15.5. The van der Waals surface area contributed by atoms with Gasteiger partial charge in [-0.15, -0.1) is 13.2 Å². The summed E-state index contributed by atoms with van der Waals surface area (Å²) in [6.07, 6.45) is 2.28. The van der Waals surface area contributed by atoms with Gasteiger partial charge in [0, 0.05) is 103 Å². The fourth-order valence-electron chi connectivity index (χ4n) is 11.4. The van der Waals surface area contributed by atoms with Crippen molar-refractivity contribution in [1.29, 1.82) is 0 Å². The van der Waals surface area contributed by atoms with E-state index in [0.29, 0.717) is 49.4 Å². The molecule has 87 heavy (non-hydrogen) atoms. The number of rotatable bonds is 17. The summed E-state index contributed by atoms with van der Waals surface area (Å²) < 4.78 is 62.1. The average Bonchev–Trinajstić information content (AvgIpc) is 0.893. The number of fused-ring (bicyclic) bond motifs is 2. The highest BCUT2D eigenvalue weighted by Gasteiger charge is 2.50. The quantitative estimate of drug-likeness (QED) is 0.0596. The molecule has 4 aliphatic rings. The number of nitrogens with one attached hydrogen (secondary N) is 2. The van der Waals surface area contributed by atoms with Gasteiger partial charge in [0.1, 0.15) is 47.1 Å². The van der Waals surface area contributed by atoms with E-state index in [1.54, 1.807) is 92.5 Å². The summed E-state index contributed by atoms with van der Waals surface area (Å²) >= 11 is 0. The van der Waals surface area contributed by atoms with Gasteiger partial charge >= 0.3 is 18.2 Å². The third kappa shape index (κ3) is 15.9. The van der Waals surface area contributed by atoms with Crippen LogP contribution in [0.3, 0.4) is 0 Å². The number of aromatic hydroxyl groups is 1. The zero-order chi connectivity index (χ0) is 61.7. The zero-order valence-corrected chi connectivity index (χ0v) is 48.6. The smallest absolute Gasteiger partial charge is 0.414 e. The molecule has 10 rings (SSSR count). The van der Waals surface area contributed by atoms with Gasteiger partial charge in [0.05, 0.1) is 25.2 Å². The summed E-state index contributed by atoms with van der Waals surface area (Å²) in [5, 5.41) is 22.2. The lowest BCUT2D eigenvalue weighted by atomic mass is 9.99. The maximum absolute atomic E-state index is 14.8. The van der Waals surface area contributed by atoms with Crippen LogP contribution < -0.4 is 15.4 Å². The second-order valence-corrected chi connectivity index (χ2v) is 22.0. The average molecular weight is 1190 g/mol. The SMILES string of the molecule is C=CCN1CC(=O)N2[C@@H](Cc3ccc(O)cc3)CN(Cc3ccc(F)cc3F)C[C@@H]2N1C(=O)NCc1ccccc1.C=CCN1CC(=O)N2[C@@H](Cc3ccc(OC(=O)N(C)C)cc3)CN(Cc3ccc(F)cc3F)C[C@@H]2N1C(=O)NCc1ccccc1. The number of halogens is 4. The number of carbonyl (C=O) groups is 5. The molecule has 3 N–H and O–H groups in total.